The van der Waals surface area contributed by atoms with E-state index >= 15 is 0 Å². The Morgan fingerprint density at radius 2 is 2.12 bits per heavy atom. The van der Waals surface area contributed by atoms with E-state index in [1.54, 1.807) is 18.4 Å². The molecule has 1 atom stereocenters. The lowest BCUT2D eigenvalue weighted by atomic mass is 10.0. The molecule has 17 heavy (non-hydrogen) atoms. The Balaban J connectivity index is 2.44. The molecule has 0 saturated carbocycles. The molecule has 0 fully saturated rings. The Bertz CT molecular complexity index is 522. The van der Waals surface area contributed by atoms with Crippen LogP contribution in [-0.2, 0) is 0 Å². The molecule has 1 unspecified atom stereocenters. The van der Waals surface area contributed by atoms with Crippen LogP contribution in [0.15, 0.2) is 34.1 Å². The number of aliphatic hydroxyl groups is 1. The lowest BCUT2D eigenvalue weighted by Crippen LogP contribution is -2.01. The van der Waals surface area contributed by atoms with Crippen LogP contribution in [0.4, 0.5) is 0 Å². The number of hydrogen-bond acceptors (Lipinski definition) is 3. The third-order valence-corrected chi connectivity index (χ3v) is 4.20. The van der Waals surface area contributed by atoms with Gasteiger partial charge in [-0.15, -0.1) is 11.3 Å². The normalized spacial score (nSPS) is 12.5. The van der Waals surface area contributed by atoms with Crippen molar-refractivity contribution in [1.29, 1.82) is 0 Å². The summed E-state index contributed by atoms with van der Waals surface area (Å²) in [6, 6.07) is 7.66. The molecule has 0 aliphatic heterocycles. The first-order valence-electron chi connectivity index (χ1n) is 5.19. The van der Waals surface area contributed by atoms with Crippen LogP contribution < -0.4 is 4.74 Å². The predicted octanol–water partition coefficient (Wildman–Crippen LogP) is 3.91. The summed E-state index contributed by atoms with van der Waals surface area (Å²) in [5.74, 6) is 0.694. The number of methoxy groups -OCH3 is 1. The molecule has 2 nitrogen and oxygen atoms in total. The van der Waals surface area contributed by atoms with Gasteiger partial charge >= 0.3 is 0 Å². The summed E-state index contributed by atoms with van der Waals surface area (Å²) in [4.78, 5) is 0.964. The van der Waals surface area contributed by atoms with E-state index in [0.29, 0.717) is 5.75 Å². The fourth-order valence-electron chi connectivity index (χ4n) is 1.72. The molecule has 0 aliphatic rings. The van der Waals surface area contributed by atoms with Crippen LogP contribution >= 0.6 is 27.3 Å². The Morgan fingerprint density at radius 3 is 2.71 bits per heavy atom. The minimum atomic E-state index is -0.627. The monoisotopic (exact) mass is 312 g/mol. The second-order valence-corrected chi connectivity index (χ2v) is 5.62. The Morgan fingerprint density at radius 1 is 1.35 bits per heavy atom. The first-order chi connectivity index (χ1) is 8.13. The molecule has 1 N–H and O–H groups in total. The fraction of sp³-hybridized carbons (Fsp3) is 0.231. The first kappa shape index (κ1) is 12.6. The average molecular weight is 313 g/mol. The lowest BCUT2D eigenvalue weighted by molar-refractivity contribution is 0.218. The van der Waals surface area contributed by atoms with Gasteiger partial charge in [-0.25, -0.2) is 0 Å². The van der Waals surface area contributed by atoms with E-state index in [0.717, 1.165) is 20.5 Å². The summed E-state index contributed by atoms with van der Waals surface area (Å²) in [5.41, 5.74) is 1.90. The summed E-state index contributed by atoms with van der Waals surface area (Å²) >= 11 is 4.95. The molecule has 0 saturated heterocycles. The van der Waals surface area contributed by atoms with Crippen LogP contribution in [-0.4, -0.2) is 12.2 Å². The van der Waals surface area contributed by atoms with Gasteiger partial charge in [-0.3, -0.25) is 0 Å². The largest absolute Gasteiger partial charge is 0.496 e. The molecule has 4 heteroatoms. The van der Waals surface area contributed by atoms with E-state index < -0.39 is 6.10 Å². The van der Waals surface area contributed by atoms with Gasteiger partial charge in [0.15, 0.2) is 0 Å². The second kappa shape index (κ2) is 5.21. The van der Waals surface area contributed by atoms with Gasteiger partial charge in [0.1, 0.15) is 11.9 Å². The average Bonchev–Trinajstić information content (AvgIpc) is 2.74. The number of aliphatic hydroxyl groups excluding tert-OH is 1. The molecular formula is C13H13BrO2S. The van der Waals surface area contributed by atoms with Crippen molar-refractivity contribution in [2.24, 2.45) is 0 Å². The number of halogens is 1. The van der Waals surface area contributed by atoms with E-state index in [9.17, 15) is 5.11 Å². The number of benzene rings is 1. The van der Waals surface area contributed by atoms with Gasteiger partial charge in [0.05, 0.1) is 7.11 Å². The zero-order valence-electron chi connectivity index (χ0n) is 9.61. The standard InChI is InChI=1S/C13H13BrO2S/c1-8-5-6-17-13(8)12(15)10-4-3-9(14)7-11(10)16-2/h3-7,12,15H,1-2H3. The highest BCUT2D eigenvalue weighted by Crippen LogP contribution is 2.35. The molecule has 0 spiro atoms. The summed E-state index contributed by atoms with van der Waals surface area (Å²) in [7, 11) is 1.61. The zero-order valence-corrected chi connectivity index (χ0v) is 12.0. The zero-order chi connectivity index (χ0) is 12.4. The maximum Gasteiger partial charge on any atom is 0.126 e. The van der Waals surface area contributed by atoms with Crippen molar-refractivity contribution in [3.05, 3.63) is 50.1 Å². The summed E-state index contributed by atoms with van der Waals surface area (Å²) in [6.45, 7) is 2.00. The van der Waals surface area contributed by atoms with E-state index in [1.807, 2.05) is 36.6 Å². The summed E-state index contributed by atoms with van der Waals surface area (Å²) < 4.78 is 6.24. The highest BCUT2D eigenvalue weighted by Gasteiger charge is 2.18. The van der Waals surface area contributed by atoms with Crippen LogP contribution in [0, 0.1) is 6.92 Å². The first-order valence-corrected chi connectivity index (χ1v) is 6.86. The van der Waals surface area contributed by atoms with Gasteiger partial charge in [0, 0.05) is 14.9 Å². The van der Waals surface area contributed by atoms with Crippen LogP contribution in [0.3, 0.4) is 0 Å². The van der Waals surface area contributed by atoms with Crippen molar-refractivity contribution in [2.75, 3.05) is 7.11 Å². The molecule has 1 aromatic carbocycles. The predicted molar refractivity (Wildman–Crippen MR) is 73.8 cm³/mol. The second-order valence-electron chi connectivity index (χ2n) is 3.76. The number of thiophene rings is 1. The molecule has 1 heterocycles. The molecule has 90 valence electrons. The molecular weight excluding hydrogens is 300 g/mol. The van der Waals surface area contributed by atoms with Gasteiger partial charge in [0.2, 0.25) is 0 Å². The summed E-state index contributed by atoms with van der Waals surface area (Å²) in [6.07, 6.45) is -0.627. The van der Waals surface area contributed by atoms with Crippen molar-refractivity contribution in [3.8, 4) is 5.75 Å². The van der Waals surface area contributed by atoms with Crippen molar-refractivity contribution >= 4 is 27.3 Å². The summed E-state index contributed by atoms with van der Waals surface area (Å²) in [5, 5.41) is 12.4. The molecule has 0 amide bonds. The molecule has 0 aliphatic carbocycles. The third kappa shape index (κ3) is 2.54. The van der Waals surface area contributed by atoms with Gasteiger partial charge in [-0.1, -0.05) is 22.0 Å². The number of ether oxygens (including phenoxy) is 1. The van der Waals surface area contributed by atoms with Crippen molar-refractivity contribution in [3.63, 3.8) is 0 Å². The maximum absolute atomic E-state index is 10.4. The lowest BCUT2D eigenvalue weighted by Gasteiger charge is -2.14. The van der Waals surface area contributed by atoms with Gasteiger partial charge in [-0.2, -0.15) is 0 Å². The molecule has 0 radical (unpaired) electrons. The molecule has 1 aromatic heterocycles. The van der Waals surface area contributed by atoms with Gasteiger partial charge < -0.3 is 9.84 Å². The SMILES string of the molecule is COc1cc(Br)ccc1C(O)c1sccc1C. The van der Waals surface area contributed by atoms with Crippen molar-refractivity contribution < 1.29 is 9.84 Å². The van der Waals surface area contributed by atoms with Crippen LogP contribution in [0.25, 0.3) is 0 Å². The van der Waals surface area contributed by atoms with E-state index in [1.165, 1.54) is 0 Å². The maximum atomic E-state index is 10.4. The number of hydrogen-bond donors (Lipinski definition) is 1. The van der Waals surface area contributed by atoms with E-state index in [-0.39, 0.29) is 0 Å². The smallest absolute Gasteiger partial charge is 0.126 e. The minimum Gasteiger partial charge on any atom is -0.496 e. The Hall–Kier alpha value is -0.840. The Labute approximate surface area is 113 Å². The molecule has 0 bridgehead atoms. The third-order valence-electron chi connectivity index (χ3n) is 2.64. The van der Waals surface area contributed by atoms with E-state index in [2.05, 4.69) is 15.9 Å². The van der Waals surface area contributed by atoms with Crippen molar-refractivity contribution in [1.82, 2.24) is 0 Å². The van der Waals surface area contributed by atoms with E-state index in [4.69, 9.17) is 4.74 Å². The minimum absolute atomic E-state index is 0.627. The Kier molecular flexibility index (Phi) is 3.86. The highest BCUT2D eigenvalue weighted by atomic mass is 79.9. The molecule has 2 aromatic rings. The number of rotatable bonds is 3. The van der Waals surface area contributed by atoms with Crippen molar-refractivity contribution in [2.45, 2.75) is 13.0 Å². The topological polar surface area (TPSA) is 29.5 Å². The van der Waals surface area contributed by atoms with Gasteiger partial charge in [0.25, 0.3) is 0 Å². The molecule has 2 rings (SSSR count). The number of aryl methyl sites for hydroxylation is 1. The highest BCUT2D eigenvalue weighted by molar-refractivity contribution is 9.10. The van der Waals surface area contributed by atoms with Gasteiger partial charge in [-0.05, 0) is 36.1 Å². The quantitative estimate of drug-likeness (QED) is 0.931. The van der Waals surface area contributed by atoms with Crippen LogP contribution in [0.5, 0.6) is 5.75 Å². The van der Waals surface area contributed by atoms with Crippen LogP contribution in [0.1, 0.15) is 22.1 Å². The van der Waals surface area contributed by atoms with Crippen LogP contribution in [0.2, 0.25) is 0 Å². The fourth-order valence-corrected chi connectivity index (χ4v) is 2.99.